The van der Waals surface area contributed by atoms with Crippen molar-refractivity contribution in [3.8, 4) is 11.6 Å². The quantitative estimate of drug-likeness (QED) is 0.659. The SMILES string of the molecule is COc1cc([N+](=O)[O-])c(OC(F)(F)F)c(C(=O)O)n1. The van der Waals surface area contributed by atoms with Crippen LogP contribution in [0.5, 0.6) is 11.6 Å². The molecule has 1 N–H and O–H groups in total. The number of aromatic carboxylic acids is 1. The minimum Gasteiger partial charge on any atom is -0.481 e. The van der Waals surface area contributed by atoms with Crippen LogP contribution in [0.15, 0.2) is 6.07 Å². The van der Waals surface area contributed by atoms with Crippen molar-refractivity contribution in [2.75, 3.05) is 7.11 Å². The number of hydrogen-bond acceptors (Lipinski definition) is 6. The van der Waals surface area contributed by atoms with Gasteiger partial charge in [-0.3, -0.25) is 10.1 Å². The summed E-state index contributed by atoms with van der Waals surface area (Å²) in [6.45, 7) is 0. The monoisotopic (exact) mass is 282 g/mol. The van der Waals surface area contributed by atoms with E-state index in [1.165, 1.54) is 0 Å². The predicted octanol–water partition coefficient (Wildman–Crippen LogP) is 1.60. The summed E-state index contributed by atoms with van der Waals surface area (Å²) in [6.07, 6.45) is -5.30. The molecule has 0 fully saturated rings. The lowest BCUT2D eigenvalue weighted by atomic mass is 10.3. The number of nitro groups is 1. The number of carboxylic acid groups (broad SMARTS) is 1. The van der Waals surface area contributed by atoms with Crippen molar-refractivity contribution < 1.29 is 37.5 Å². The normalized spacial score (nSPS) is 10.9. The Kier molecular flexibility index (Phi) is 3.77. The van der Waals surface area contributed by atoms with Gasteiger partial charge in [0.25, 0.3) is 0 Å². The molecule has 0 aliphatic heterocycles. The number of pyridine rings is 1. The minimum absolute atomic E-state index is 0.521. The second kappa shape index (κ2) is 4.96. The Labute approximate surface area is 102 Å². The van der Waals surface area contributed by atoms with Gasteiger partial charge < -0.3 is 14.6 Å². The molecule has 1 heterocycles. The van der Waals surface area contributed by atoms with E-state index in [1.807, 2.05) is 0 Å². The Morgan fingerprint density at radius 3 is 2.47 bits per heavy atom. The van der Waals surface area contributed by atoms with Gasteiger partial charge in [-0.25, -0.2) is 9.78 Å². The molecule has 0 aliphatic rings. The molecule has 0 bridgehead atoms. The summed E-state index contributed by atoms with van der Waals surface area (Å²) in [5.41, 5.74) is -2.50. The number of nitrogens with zero attached hydrogens (tertiary/aromatic N) is 2. The van der Waals surface area contributed by atoms with E-state index in [2.05, 4.69) is 14.5 Å². The summed E-state index contributed by atoms with van der Waals surface area (Å²) in [6, 6.07) is 0.521. The summed E-state index contributed by atoms with van der Waals surface area (Å²) >= 11 is 0. The number of ether oxygens (including phenoxy) is 2. The fourth-order valence-electron chi connectivity index (χ4n) is 1.10. The highest BCUT2D eigenvalue weighted by Gasteiger charge is 2.38. The smallest absolute Gasteiger partial charge is 0.481 e. The fraction of sp³-hybridized carbons (Fsp3) is 0.250. The van der Waals surface area contributed by atoms with Crippen molar-refractivity contribution in [3.05, 3.63) is 21.9 Å². The summed E-state index contributed by atoms with van der Waals surface area (Å²) in [7, 11) is 1.02. The molecule has 104 valence electrons. The van der Waals surface area contributed by atoms with Crippen molar-refractivity contribution >= 4 is 11.7 Å². The highest BCUT2D eigenvalue weighted by molar-refractivity contribution is 5.90. The molecular weight excluding hydrogens is 277 g/mol. The molecule has 11 heteroatoms. The van der Waals surface area contributed by atoms with Crippen molar-refractivity contribution in [3.63, 3.8) is 0 Å². The first-order valence-electron chi connectivity index (χ1n) is 4.38. The lowest BCUT2D eigenvalue weighted by molar-refractivity contribution is -0.388. The van der Waals surface area contributed by atoms with Crippen LogP contribution >= 0.6 is 0 Å². The lowest BCUT2D eigenvalue weighted by Crippen LogP contribution is -2.21. The van der Waals surface area contributed by atoms with Crippen LogP contribution in [0.2, 0.25) is 0 Å². The maximum Gasteiger partial charge on any atom is 0.573 e. The van der Waals surface area contributed by atoms with Crippen LogP contribution in [0.1, 0.15) is 10.5 Å². The van der Waals surface area contributed by atoms with Crippen LogP contribution in [0, 0.1) is 10.1 Å². The van der Waals surface area contributed by atoms with Crippen LogP contribution < -0.4 is 9.47 Å². The maximum absolute atomic E-state index is 12.1. The molecule has 19 heavy (non-hydrogen) atoms. The Bertz CT molecular complexity index is 495. The van der Waals surface area contributed by atoms with E-state index >= 15 is 0 Å². The zero-order chi connectivity index (χ0) is 14.8. The van der Waals surface area contributed by atoms with Gasteiger partial charge in [0.1, 0.15) is 0 Å². The van der Waals surface area contributed by atoms with E-state index in [-0.39, 0.29) is 0 Å². The van der Waals surface area contributed by atoms with Gasteiger partial charge in [-0.05, 0) is 0 Å². The predicted molar refractivity (Wildman–Crippen MR) is 51.1 cm³/mol. The van der Waals surface area contributed by atoms with Gasteiger partial charge >= 0.3 is 18.0 Å². The number of rotatable bonds is 4. The second-order valence-electron chi connectivity index (χ2n) is 2.97. The molecule has 0 amide bonds. The average Bonchev–Trinajstić information content (AvgIpc) is 2.26. The first kappa shape index (κ1) is 14.5. The average molecular weight is 282 g/mol. The van der Waals surface area contributed by atoms with Crippen LogP contribution in [-0.4, -0.2) is 34.5 Å². The van der Waals surface area contributed by atoms with Gasteiger partial charge in [-0.15, -0.1) is 13.2 Å². The van der Waals surface area contributed by atoms with Crippen LogP contribution in [0.25, 0.3) is 0 Å². The van der Waals surface area contributed by atoms with Gasteiger partial charge in [0.05, 0.1) is 18.1 Å². The number of methoxy groups -OCH3 is 1. The molecule has 0 saturated carbocycles. The Morgan fingerprint density at radius 2 is 2.11 bits per heavy atom. The molecule has 0 atom stereocenters. The Hall–Kier alpha value is -2.59. The number of hydrogen-bond donors (Lipinski definition) is 1. The summed E-state index contributed by atoms with van der Waals surface area (Å²) in [4.78, 5) is 23.3. The first-order chi connectivity index (χ1) is 8.65. The molecule has 0 radical (unpaired) electrons. The van der Waals surface area contributed by atoms with Crippen molar-refractivity contribution in [1.82, 2.24) is 4.98 Å². The van der Waals surface area contributed by atoms with E-state index in [9.17, 15) is 28.1 Å². The van der Waals surface area contributed by atoms with E-state index in [1.54, 1.807) is 0 Å². The van der Waals surface area contributed by atoms with Gasteiger partial charge in [0.2, 0.25) is 17.3 Å². The number of aromatic nitrogens is 1. The summed E-state index contributed by atoms with van der Waals surface area (Å²) < 4.78 is 44.2. The molecule has 0 spiro atoms. The van der Waals surface area contributed by atoms with E-state index < -0.39 is 40.3 Å². The van der Waals surface area contributed by atoms with Gasteiger partial charge in [-0.2, -0.15) is 0 Å². The zero-order valence-corrected chi connectivity index (χ0v) is 9.09. The van der Waals surface area contributed by atoms with E-state index in [0.717, 1.165) is 7.11 Å². The number of halogens is 3. The van der Waals surface area contributed by atoms with Gasteiger partial charge in [0, 0.05) is 0 Å². The lowest BCUT2D eigenvalue weighted by Gasteiger charge is -2.11. The molecule has 1 aromatic rings. The zero-order valence-electron chi connectivity index (χ0n) is 9.09. The largest absolute Gasteiger partial charge is 0.573 e. The second-order valence-corrected chi connectivity index (χ2v) is 2.97. The molecule has 1 rings (SSSR count). The third-order valence-corrected chi connectivity index (χ3v) is 1.76. The van der Waals surface area contributed by atoms with Crippen LogP contribution in [0.4, 0.5) is 18.9 Å². The molecule has 0 saturated heterocycles. The Balaban J connectivity index is 3.54. The minimum atomic E-state index is -5.30. The van der Waals surface area contributed by atoms with E-state index in [0.29, 0.717) is 6.07 Å². The molecule has 1 aromatic heterocycles. The first-order valence-corrected chi connectivity index (χ1v) is 4.38. The highest BCUT2D eigenvalue weighted by atomic mass is 19.4. The standard InChI is InChI=1S/C8H5F3N2O6/c1-18-4-2-3(13(16)17)6(19-8(9,10)11)5(12-4)7(14)15/h2H,1H3,(H,14,15). The number of alkyl halides is 3. The number of carboxylic acids is 1. The third kappa shape index (κ3) is 3.43. The van der Waals surface area contributed by atoms with Crippen molar-refractivity contribution in [2.24, 2.45) is 0 Å². The molecule has 0 unspecified atom stereocenters. The van der Waals surface area contributed by atoms with Gasteiger partial charge in [-0.1, -0.05) is 0 Å². The van der Waals surface area contributed by atoms with E-state index in [4.69, 9.17) is 5.11 Å². The van der Waals surface area contributed by atoms with Crippen LogP contribution in [-0.2, 0) is 0 Å². The molecule has 0 aromatic carbocycles. The summed E-state index contributed by atoms with van der Waals surface area (Å²) in [5, 5.41) is 19.3. The third-order valence-electron chi connectivity index (χ3n) is 1.76. The molecule has 0 aliphatic carbocycles. The highest BCUT2D eigenvalue weighted by Crippen LogP contribution is 2.36. The number of carbonyl (C=O) groups is 1. The van der Waals surface area contributed by atoms with Crippen molar-refractivity contribution in [2.45, 2.75) is 6.36 Å². The topological polar surface area (TPSA) is 112 Å². The molecular formula is C8H5F3N2O6. The molecule has 8 nitrogen and oxygen atoms in total. The van der Waals surface area contributed by atoms with Gasteiger partial charge in [0.15, 0.2) is 0 Å². The van der Waals surface area contributed by atoms with Crippen LogP contribution in [0.3, 0.4) is 0 Å². The Morgan fingerprint density at radius 1 is 1.53 bits per heavy atom. The van der Waals surface area contributed by atoms with Crippen molar-refractivity contribution in [1.29, 1.82) is 0 Å². The summed E-state index contributed by atoms with van der Waals surface area (Å²) in [5.74, 6) is -3.97. The maximum atomic E-state index is 12.1. The fourth-order valence-corrected chi connectivity index (χ4v) is 1.10.